The molecule has 0 aliphatic heterocycles. The van der Waals surface area contributed by atoms with Crippen LogP contribution in [0.15, 0.2) is 29.2 Å². The minimum Gasteiger partial charge on any atom is -0.391 e. The maximum atomic E-state index is 12.5. The number of likely N-dealkylation sites (N-methyl/N-ethyl adjacent to an activating group) is 1. The summed E-state index contributed by atoms with van der Waals surface area (Å²) >= 11 is 0. The number of non-ortho nitro benzene ring substituents is 1. The van der Waals surface area contributed by atoms with Gasteiger partial charge in [-0.1, -0.05) is 12.8 Å². The molecule has 1 fully saturated rings. The fourth-order valence-electron chi connectivity index (χ4n) is 2.60. The Labute approximate surface area is 123 Å². The number of benzene rings is 1. The molecular weight excluding hydrogens is 296 g/mol. The summed E-state index contributed by atoms with van der Waals surface area (Å²) in [4.78, 5) is 10.0. The molecule has 2 rings (SSSR count). The van der Waals surface area contributed by atoms with Gasteiger partial charge in [-0.3, -0.25) is 10.1 Å². The van der Waals surface area contributed by atoms with Crippen molar-refractivity contribution in [3.05, 3.63) is 34.4 Å². The lowest BCUT2D eigenvalue weighted by Gasteiger charge is -2.34. The predicted molar refractivity (Wildman–Crippen MR) is 76.3 cm³/mol. The van der Waals surface area contributed by atoms with E-state index in [1.54, 1.807) is 0 Å². The molecule has 0 spiro atoms. The third-order valence-corrected chi connectivity index (χ3v) is 5.78. The summed E-state index contributed by atoms with van der Waals surface area (Å²) in [5, 5.41) is 20.6. The lowest BCUT2D eigenvalue weighted by Crippen LogP contribution is -2.46. The Morgan fingerprint density at radius 2 is 1.81 bits per heavy atom. The maximum absolute atomic E-state index is 12.5. The minimum atomic E-state index is -3.76. The Morgan fingerprint density at radius 3 is 2.33 bits per heavy atom. The van der Waals surface area contributed by atoms with Crippen LogP contribution in [0.4, 0.5) is 5.69 Å². The number of rotatable bonds is 4. The van der Waals surface area contributed by atoms with Crippen LogP contribution in [-0.4, -0.2) is 41.9 Å². The summed E-state index contributed by atoms with van der Waals surface area (Å²) in [6.45, 7) is 0. The van der Waals surface area contributed by atoms with Crippen LogP contribution in [-0.2, 0) is 10.0 Å². The van der Waals surface area contributed by atoms with Crippen molar-refractivity contribution in [2.45, 2.75) is 42.7 Å². The van der Waals surface area contributed by atoms with Gasteiger partial charge in [0.15, 0.2) is 0 Å². The summed E-state index contributed by atoms with van der Waals surface area (Å²) in [6.07, 6.45) is 2.30. The molecule has 2 atom stereocenters. The monoisotopic (exact) mass is 314 g/mol. The molecular formula is C13H18N2O5S. The van der Waals surface area contributed by atoms with E-state index in [0.29, 0.717) is 12.8 Å². The van der Waals surface area contributed by atoms with E-state index in [9.17, 15) is 23.6 Å². The second kappa shape index (κ2) is 6.08. The number of hydrogen-bond acceptors (Lipinski definition) is 5. The number of nitro groups is 1. The SMILES string of the molecule is CN(C1CCCCC1O)S(=O)(=O)c1ccc([N+](=O)[O-])cc1. The van der Waals surface area contributed by atoms with Crippen molar-refractivity contribution < 1.29 is 18.4 Å². The standard InChI is InChI=1S/C13H18N2O5S/c1-14(12-4-2-3-5-13(12)16)21(19,20)11-8-6-10(7-9-11)15(17)18/h6-9,12-13,16H,2-5H2,1H3. The normalized spacial score (nSPS) is 23.2. The zero-order chi connectivity index (χ0) is 15.6. The van der Waals surface area contributed by atoms with Crippen LogP contribution in [0, 0.1) is 10.1 Å². The van der Waals surface area contributed by atoms with E-state index in [1.165, 1.54) is 23.5 Å². The molecule has 2 unspecified atom stereocenters. The fraction of sp³-hybridized carbons (Fsp3) is 0.538. The number of nitro benzene ring substituents is 1. The number of nitrogens with zero attached hydrogens (tertiary/aromatic N) is 2. The smallest absolute Gasteiger partial charge is 0.269 e. The molecule has 1 aromatic carbocycles. The first-order valence-corrected chi connectivity index (χ1v) is 8.18. The molecule has 1 aliphatic carbocycles. The third-order valence-electron chi connectivity index (χ3n) is 3.89. The van der Waals surface area contributed by atoms with Crippen LogP contribution >= 0.6 is 0 Å². The van der Waals surface area contributed by atoms with Gasteiger partial charge in [0, 0.05) is 19.2 Å². The van der Waals surface area contributed by atoms with Crippen molar-refractivity contribution in [3.8, 4) is 0 Å². The van der Waals surface area contributed by atoms with E-state index in [-0.39, 0.29) is 10.6 Å². The first-order chi connectivity index (χ1) is 9.84. The summed E-state index contributed by atoms with van der Waals surface area (Å²) in [5.74, 6) is 0. The van der Waals surface area contributed by atoms with Crippen molar-refractivity contribution in [2.24, 2.45) is 0 Å². The highest BCUT2D eigenvalue weighted by atomic mass is 32.2. The van der Waals surface area contributed by atoms with Crippen LogP contribution in [0.1, 0.15) is 25.7 Å². The van der Waals surface area contributed by atoms with Crippen molar-refractivity contribution in [2.75, 3.05) is 7.05 Å². The van der Waals surface area contributed by atoms with Gasteiger partial charge in [0.2, 0.25) is 10.0 Å². The molecule has 0 heterocycles. The lowest BCUT2D eigenvalue weighted by molar-refractivity contribution is -0.384. The van der Waals surface area contributed by atoms with Gasteiger partial charge in [-0.05, 0) is 25.0 Å². The Balaban J connectivity index is 2.26. The van der Waals surface area contributed by atoms with Crippen LogP contribution in [0.3, 0.4) is 0 Å². The number of aliphatic hydroxyl groups is 1. The maximum Gasteiger partial charge on any atom is 0.269 e. The van der Waals surface area contributed by atoms with Crippen LogP contribution in [0.25, 0.3) is 0 Å². The van der Waals surface area contributed by atoms with E-state index in [4.69, 9.17) is 0 Å². The molecule has 7 nitrogen and oxygen atoms in total. The van der Waals surface area contributed by atoms with E-state index in [0.717, 1.165) is 25.0 Å². The Morgan fingerprint density at radius 1 is 1.24 bits per heavy atom. The van der Waals surface area contributed by atoms with E-state index < -0.39 is 27.1 Å². The highest BCUT2D eigenvalue weighted by Crippen LogP contribution is 2.27. The van der Waals surface area contributed by atoms with Gasteiger partial charge in [0.25, 0.3) is 5.69 Å². The van der Waals surface area contributed by atoms with Crippen LogP contribution in [0.2, 0.25) is 0 Å². The Kier molecular flexibility index (Phi) is 4.60. The third kappa shape index (κ3) is 3.22. The average Bonchev–Trinajstić information content (AvgIpc) is 2.47. The summed E-state index contributed by atoms with van der Waals surface area (Å²) in [7, 11) is -2.32. The largest absolute Gasteiger partial charge is 0.391 e. The topological polar surface area (TPSA) is 101 Å². The second-order valence-electron chi connectivity index (χ2n) is 5.19. The van der Waals surface area contributed by atoms with Crippen LogP contribution < -0.4 is 0 Å². The van der Waals surface area contributed by atoms with Gasteiger partial charge < -0.3 is 5.11 Å². The van der Waals surface area contributed by atoms with Crippen molar-refractivity contribution in [3.63, 3.8) is 0 Å². The van der Waals surface area contributed by atoms with E-state index in [2.05, 4.69) is 0 Å². The zero-order valence-electron chi connectivity index (χ0n) is 11.7. The highest BCUT2D eigenvalue weighted by molar-refractivity contribution is 7.89. The lowest BCUT2D eigenvalue weighted by atomic mass is 9.93. The number of aliphatic hydroxyl groups excluding tert-OH is 1. The molecule has 0 saturated heterocycles. The summed E-state index contributed by atoms with van der Waals surface area (Å²) in [5.41, 5.74) is -0.158. The molecule has 0 bridgehead atoms. The molecule has 21 heavy (non-hydrogen) atoms. The Hall–Kier alpha value is -1.51. The van der Waals surface area contributed by atoms with Gasteiger partial charge >= 0.3 is 0 Å². The summed E-state index contributed by atoms with van der Waals surface area (Å²) < 4.78 is 26.2. The molecule has 0 radical (unpaired) electrons. The van der Waals surface area contributed by atoms with Gasteiger partial charge in [-0.2, -0.15) is 4.31 Å². The molecule has 8 heteroatoms. The first kappa shape index (κ1) is 15.9. The second-order valence-corrected chi connectivity index (χ2v) is 7.19. The first-order valence-electron chi connectivity index (χ1n) is 6.74. The molecule has 1 N–H and O–H groups in total. The number of sulfonamides is 1. The highest BCUT2D eigenvalue weighted by Gasteiger charge is 2.34. The zero-order valence-corrected chi connectivity index (χ0v) is 12.5. The molecule has 116 valence electrons. The van der Waals surface area contributed by atoms with Crippen molar-refractivity contribution in [1.29, 1.82) is 0 Å². The minimum absolute atomic E-state index is 0.00614. The molecule has 1 aliphatic rings. The molecule has 1 saturated carbocycles. The fourth-order valence-corrected chi connectivity index (χ4v) is 4.02. The van der Waals surface area contributed by atoms with E-state index >= 15 is 0 Å². The Bertz CT molecular complexity index is 614. The van der Waals surface area contributed by atoms with Gasteiger partial charge in [-0.25, -0.2) is 8.42 Å². The van der Waals surface area contributed by atoms with E-state index in [1.807, 2.05) is 0 Å². The average molecular weight is 314 g/mol. The summed E-state index contributed by atoms with van der Waals surface area (Å²) in [6, 6.07) is 4.33. The van der Waals surface area contributed by atoms with Crippen molar-refractivity contribution >= 4 is 15.7 Å². The van der Waals surface area contributed by atoms with Gasteiger partial charge in [-0.15, -0.1) is 0 Å². The van der Waals surface area contributed by atoms with Gasteiger partial charge in [0.1, 0.15) is 0 Å². The molecule has 1 aromatic rings. The quantitative estimate of drug-likeness (QED) is 0.670. The van der Waals surface area contributed by atoms with Crippen molar-refractivity contribution in [1.82, 2.24) is 4.31 Å². The molecule has 0 amide bonds. The van der Waals surface area contributed by atoms with Crippen LogP contribution in [0.5, 0.6) is 0 Å². The molecule has 0 aromatic heterocycles. The van der Waals surface area contributed by atoms with Gasteiger partial charge in [0.05, 0.1) is 22.0 Å². The predicted octanol–water partition coefficient (Wildman–Crippen LogP) is 1.52. The number of hydrogen-bond donors (Lipinski definition) is 1.